The molecule has 0 saturated carbocycles. The Labute approximate surface area is 148 Å². The van der Waals surface area contributed by atoms with Crippen LogP contribution in [0.5, 0.6) is 5.75 Å². The van der Waals surface area contributed by atoms with Crippen molar-refractivity contribution < 1.29 is 5.11 Å². The number of aromatic nitrogens is 4. The smallest absolute Gasteiger partial charge is 0.205 e. The first kappa shape index (κ1) is 14.7. The highest BCUT2D eigenvalue weighted by molar-refractivity contribution is 14.1. The fourth-order valence-electron chi connectivity index (χ4n) is 1.87. The molecule has 0 aliphatic rings. The van der Waals surface area contributed by atoms with Crippen molar-refractivity contribution in [2.45, 2.75) is 6.54 Å². The summed E-state index contributed by atoms with van der Waals surface area (Å²) in [5, 5.41) is 22.4. The normalized spacial score (nSPS) is 10.8. The van der Waals surface area contributed by atoms with Crippen molar-refractivity contribution in [2.75, 3.05) is 0 Å². The zero-order chi connectivity index (χ0) is 14.8. The molecule has 1 N–H and O–H groups in total. The fraction of sp³-hybridized carbons (Fsp3) is 0.0714. The Balaban J connectivity index is 1.88. The minimum Gasteiger partial charge on any atom is -0.506 e. The maximum atomic E-state index is 9.80. The summed E-state index contributed by atoms with van der Waals surface area (Å²) in [6.45, 7) is 0.583. The molecule has 0 saturated heterocycles. The van der Waals surface area contributed by atoms with E-state index < -0.39 is 0 Å². The van der Waals surface area contributed by atoms with Gasteiger partial charge in [0, 0.05) is 5.56 Å². The van der Waals surface area contributed by atoms with E-state index >= 15 is 0 Å². The third kappa shape index (κ3) is 3.34. The summed E-state index contributed by atoms with van der Waals surface area (Å²) in [7, 11) is 0. The fourth-order valence-corrected chi connectivity index (χ4v) is 3.64. The Hall–Kier alpha value is -1.23. The molecular weight excluding hydrogens is 494 g/mol. The van der Waals surface area contributed by atoms with Crippen LogP contribution in [0.1, 0.15) is 5.56 Å². The van der Waals surface area contributed by atoms with E-state index in [0.29, 0.717) is 12.4 Å². The van der Waals surface area contributed by atoms with E-state index in [-0.39, 0.29) is 5.75 Å². The molecule has 1 aromatic heterocycles. The molecule has 0 fully saturated rings. The third-order valence-electron chi connectivity index (χ3n) is 2.89. The van der Waals surface area contributed by atoms with Gasteiger partial charge in [0.1, 0.15) is 5.75 Å². The molecule has 1 heterocycles. The largest absolute Gasteiger partial charge is 0.506 e. The van der Waals surface area contributed by atoms with E-state index in [1.54, 1.807) is 4.80 Å². The van der Waals surface area contributed by atoms with Gasteiger partial charge in [-0.2, -0.15) is 4.80 Å². The summed E-state index contributed by atoms with van der Waals surface area (Å²) < 4.78 is 1.54. The van der Waals surface area contributed by atoms with Crippen LogP contribution in [0, 0.1) is 7.14 Å². The van der Waals surface area contributed by atoms with Crippen LogP contribution in [0.3, 0.4) is 0 Å². The van der Waals surface area contributed by atoms with Crippen molar-refractivity contribution in [1.29, 1.82) is 0 Å². The number of aromatic hydroxyl groups is 1. The highest BCUT2D eigenvalue weighted by Crippen LogP contribution is 2.30. The Morgan fingerprint density at radius 3 is 2.38 bits per heavy atom. The van der Waals surface area contributed by atoms with Crippen molar-refractivity contribution >= 4 is 45.2 Å². The number of rotatable bonds is 3. The number of benzene rings is 2. The van der Waals surface area contributed by atoms with Crippen molar-refractivity contribution in [3.8, 4) is 17.1 Å². The standard InChI is InChI=1S/C14H10I2N4O/c15-11-6-10(7-12(16)13(11)21)14-17-19-20(18-14)8-9-4-2-1-3-5-9/h1-7,21H,8H2. The summed E-state index contributed by atoms with van der Waals surface area (Å²) in [5.41, 5.74) is 1.97. The molecule has 0 spiro atoms. The van der Waals surface area contributed by atoms with E-state index in [1.165, 1.54) is 0 Å². The first-order valence-electron chi connectivity index (χ1n) is 6.13. The SMILES string of the molecule is Oc1c(I)cc(-c2nnn(Cc3ccccc3)n2)cc1I. The average molecular weight is 504 g/mol. The van der Waals surface area contributed by atoms with Crippen molar-refractivity contribution in [1.82, 2.24) is 20.2 Å². The number of nitrogens with zero attached hydrogens (tertiary/aromatic N) is 4. The van der Waals surface area contributed by atoms with Crippen LogP contribution in [-0.4, -0.2) is 25.3 Å². The van der Waals surface area contributed by atoms with Gasteiger partial charge in [-0.15, -0.1) is 10.2 Å². The molecule has 0 amide bonds. The molecular formula is C14H10I2N4O. The van der Waals surface area contributed by atoms with Crippen LogP contribution in [0.4, 0.5) is 0 Å². The molecule has 0 aliphatic heterocycles. The quantitative estimate of drug-likeness (QED) is 0.557. The Morgan fingerprint density at radius 1 is 1.05 bits per heavy atom. The van der Waals surface area contributed by atoms with Gasteiger partial charge in [0.05, 0.1) is 13.7 Å². The van der Waals surface area contributed by atoms with Crippen molar-refractivity contribution in [2.24, 2.45) is 0 Å². The lowest BCUT2D eigenvalue weighted by atomic mass is 10.2. The molecule has 0 aliphatic carbocycles. The minimum absolute atomic E-state index is 0.289. The molecule has 3 aromatic rings. The van der Waals surface area contributed by atoms with Gasteiger partial charge in [-0.25, -0.2) is 0 Å². The third-order valence-corrected chi connectivity index (χ3v) is 4.54. The molecule has 0 atom stereocenters. The average Bonchev–Trinajstić information content (AvgIpc) is 2.94. The molecule has 7 heteroatoms. The lowest BCUT2D eigenvalue weighted by Crippen LogP contribution is -2.03. The highest BCUT2D eigenvalue weighted by atomic mass is 127. The lowest BCUT2D eigenvalue weighted by Gasteiger charge is -2.02. The molecule has 0 unspecified atom stereocenters. The van der Waals surface area contributed by atoms with Gasteiger partial charge < -0.3 is 5.11 Å². The summed E-state index contributed by atoms with van der Waals surface area (Å²) in [4.78, 5) is 1.57. The van der Waals surface area contributed by atoms with Gasteiger partial charge in [-0.3, -0.25) is 0 Å². The van der Waals surface area contributed by atoms with Gasteiger partial charge in [-0.05, 0) is 68.1 Å². The number of tetrazole rings is 1. The lowest BCUT2D eigenvalue weighted by molar-refractivity contribution is 0.467. The van der Waals surface area contributed by atoms with Crippen LogP contribution < -0.4 is 0 Å². The van der Waals surface area contributed by atoms with E-state index in [9.17, 15) is 5.11 Å². The van der Waals surface area contributed by atoms with Gasteiger partial charge >= 0.3 is 0 Å². The molecule has 3 rings (SSSR count). The Bertz CT molecular complexity index is 751. The monoisotopic (exact) mass is 504 g/mol. The predicted octanol–water partition coefficient (Wildman–Crippen LogP) is 3.30. The number of phenols is 1. The van der Waals surface area contributed by atoms with Gasteiger partial charge in [-0.1, -0.05) is 30.3 Å². The van der Waals surface area contributed by atoms with Gasteiger partial charge in [0.15, 0.2) is 0 Å². The summed E-state index contributed by atoms with van der Waals surface area (Å²) in [5.74, 6) is 0.846. The van der Waals surface area contributed by atoms with Crippen molar-refractivity contribution in [3.63, 3.8) is 0 Å². The van der Waals surface area contributed by atoms with E-state index in [4.69, 9.17) is 0 Å². The molecule has 0 bridgehead atoms. The van der Waals surface area contributed by atoms with Crippen LogP contribution in [0.15, 0.2) is 42.5 Å². The number of hydrogen-bond acceptors (Lipinski definition) is 4. The minimum atomic E-state index is 0.289. The van der Waals surface area contributed by atoms with Crippen LogP contribution in [0.2, 0.25) is 0 Å². The Morgan fingerprint density at radius 2 is 1.71 bits per heavy atom. The molecule has 2 aromatic carbocycles. The number of hydrogen-bond donors (Lipinski definition) is 1. The molecule has 21 heavy (non-hydrogen) atoms. The Kier molecular flexibility index (Phi) is 4.38. The second-order valence-corrected chi connectivity index (χ2v) is 6.74. The number of halogens is 2. The first-order valence-corrected chi connectivity index (χ1v) is 8.29. The molecule has 0 radical (unpaired) electrons. The van der Waals surface area contributed by atoms with E-state index in [2.05, 4.69) is 60.6 Å². The highest BCUT2D eigenvalue weighted by Gasteiger charge is 2.11. The second-order valence-electron chi connectivity index (χ2n) is 4.42. The summed E-state index contributed by atoms with van der Waals surface area (Å²) in [6.07, 6.45) is 0. The first-order chi connectivity index (χ1) is 10.1. The summed E-state index contributed by atoms with van der Waals surface area (Å²) >= 11 is 4.18. The molecule has 5 nitrogen and oxygen atoms in total. The molecule has 106 valence electrons. The second kappa shape index (κ2) is 6.26. The van der Waals surface area contributed by atoms with E-state index in [1.807, 2.05) is 42.5 Å². The van der Waals surface area contributed by atoms with Gasteiger partial charge in [0.25, 0.3) is 0 Å². The van der Waals surface area contributed by atoms with Crippen LogP contribution >= 0.6 is 45.2 Å². The van der Waals surface area contributed by atoms with Gasteiger partial charge in [0.2, 0.25) is 5.82 Å². The van der Waals surface area contributed by atoms with Crippen molar-refractivity contribution in [3.05, 3.63) is 55.2 Å². The topological polar surface area (TPSA) is 63.8 Å². The predicted molar refractivity (Wildman–Crippen MR) is 95.9 cm³/mol. The maximum Gasteiger partial charge on any atom is 0.205 e. The summed E-state index contributed by atoms with van der Waals surface area (Å²) in [6, 6.07) is 13.7. The zero-order valence-electron chi connectivity index (χ0n) is 10.7. The van der Waals surface area contributed by atoms with E-state index in [0.717, 1.165) is 18.3 Å². The maximum absolute atomic E-state index is 9.80. The van der Waals surface area contributed by atoms with Crippen LogP contribution in [-0.2, 0) is 6.54 Å². The number of phenolic OH excluding ortho intramolecular Hbond substituents is 1. The van der Waals surface area contributed by atoms with Crippen LogP contribution in [0.25, 0.3) is 11.4 Å². The zero-order valence-corrected chi connectivity index (χ0v) is 15.1.